The Labute approximate surface area is 98.8 Å². The second kappa shape index (κ2) is 3.68. The maximum Gasteiger partial charge on any atom is 0.335 e. The highest BCUT2D eigenvalue weighted by molar-refractivity contribution is 6.17. The standard InChI is InChI=1S/C12H14O5/c1-6-7(10(14)16-2)8(11(15)17-3)9(13)12(6)4-5-12/h8H,4-5H2,1-3H3. The zero-order valence-electron chi connectivity index (χ0n) is 10.0. The van der Waals surface area contributed by atoms with Gasteiger partial charge >= 0.3 is 11.9 Å². The fourth-order valence-electron chi connectivity index (χ4n) is 2.54. The third-order valence-corrected chi connectivity index (χ3v) is 3.74. The van der Waals surface area contributed by atoms with E-state index in [1.54, 1.807) is 6.92 Å². The third-order valence-electron chi connectivity index (χ3n) is 3.74. The second-order valence-electron chi connectivity index (χ2n) is 4.43. The van der Waals surface area contributed by atoms with Crippen LogP contribution in [0.5, 0.6) is 0 Å². The SMILES string of the molecule is COC(=O)C1=C(C)C2(CC2)C(=O)C1C(=O)OC. The summed E-state index contributed by atoms with van der Waals surface area (Å²) in [4.78, 5) is 35.5. The maximum atomic E-state index is 12.2. The molecule has 2 aliphatic carbocycles. The Morgan fingerprint density at radius 2 is 1.82 bits per heavy atom. The summed E-state index contributed by atoms with van der Waals surface area (Å²) in [6.07, 6.45) is 1.40. The topological polar surface area (TPSA) is 69.7 Å². The first-order valence-electron chi connectivity index (χ1n) is 5.41. The van der Waals surface area contributed by atoms with Crippen molar-refractivity contribution in [3.05, 3.63) is 11.1 Å². The number of esters is 2. The fraction of sp³-hybridized carbons (Fsp3) is 0.583. The molecule has 0 aliphatic heterocycles. The predicted octanol–water partition coefficient (Wildman–Crippen LogP) is 0.628. The minimum Gasteiger partial charge on any atom is -0.468 e. The summed E-state index contributed by atoms with van der Waals surface area (Å²) in [6, 6.07) is 0. The quantitative estimate of drug-likeness (QED) is 0.521. The molecule has 0 aromatic heterocycles. The van der Waals surface area contributed by atoms with Gasteiger partial charge in [0.2, 0.25) is 0 Å². The van der Waals surface area contributed by atoms with Gasteiger partial charge in [0.1, 0.15) is 5.92 Å². The van der Waals surface area contributed by atoms with Crippen molar-refractivity contribution >= 4 is 17.7 Å². The normalized spacial score (nSPS) is 25.1. The van der Waals surface area contributed by atoms with Crippen molar-refractivity contribution in [1.82, 2.24) is 0 Å². The van der Waals surface area contributed by atoms with Crippen LogP contribution < -0.4 is 0 Å². The Morgan fingerprint density at radius 3 is 2.24 bits per heavy atom. The zero-order valence-corrected chi connectivity index (χ0v) is 10.0. The highest BCUT2D eigenvalue weighted by Gasteiger charge is 2.62. The molecule has 17 heavy (non-hydrogen) atoms. The number of Topliss-reactive ketones (excluding diaryl/α,β-unsaturated/α-hetero) is 1. The number of methoxy groups -OCH3 is 2. The van der Waals surface area contributed by atoms with Gasteiger partial charge in [-0.2, -0.15) is 0 Å². The first-order valence-corrected chi connectivity index (χ1v) is 5.41. The molecule has 0 N–H and O–H groups in total. The van der Waals surface area contributed by atoms with Crippen LogP contribution in [0.2, 0.25) is 0 Å². The molecule has 1 unspecified atom stereocenters. The summed E-state index contributed by atoms with van der Waals surface area (Å²) in [5, 5.41) is 0. The van der Waals surface area contributed by atoms with Crippen molar-refractivity contribution in [3.8, 4) is 0 Å². The molecular formula is C12H14O5. The van der Waals surface area contributed by atoms with E-state index in [1.165, 1.54) is 14.2 Å². The van der Waals surface area contributed by atoms with E-state index in [0.717, 1.165) is 0 Å². The van der Waals surface area contributed by atoms with Crippen LogP contribution >= 0.6 is 0 Å². The van der Waals surface area contributed by atoms with Gasteiger partial charge in [0.25, 0.3) is 0 Å². The van der Waals surface area contributed by atoms with Gasteiger partial charge in [-0.3, -0.25) is 9.59 Å². The van der Waals surface area contributed by atoms with E-state index in [1.807, 2.05) is 0 Å². The van der Waals surface area contributed by atoms with Gasteiger partial charge in [-0.15, -0.1) is 0 Å². The molecule has 2 rings (SSSR count). The van der Waals surface area contributed by atoms with Gasteiger partial charge in [-0.25, -0.2) is 4.79 Å². The summed E-state index contributed by atoms with van der Waals surface area (Å²) in [7, 11) is 2.44. The second-order valence-corrected chi connectivity index (χ2v) is 4.43. The lowest BCUT2D eigenvalue weighted by molar-refractivity contribution is -0.150. The lowest BCUT2D eigenvalue weighted by Crippen LogP contribution is -2.29. The van der Waals surface area contributed by atoms with Crippen molar-refractivity contribution in [3.63, 3.8) is 0 Å². The monoisotopic (exact) mass is 238 g/mol. The summed E-state index contributed by atoms with van der Waals surface area (Å²) in [5.41, 5.74) is 0.245. The molecule has 1 atom stereocenters. The van der Waals surface area contributed by atoms with Crippen molar-refractivity contribution < 1.29 is 23.9 Å². The van der Waals surface area contributed by atoms with Crippen LogP contribution in [0.3, 0.4) is 0 Å². The molecule has 5 nitrogen and oxygen atoms in total. The van der Waals surface area contributed by atoms with Crippen molar-refractivity contribution in [2.24, 2.45) is 11.3 Å². The molecule has 0 amide bonds. The molecule has 0 saturated heterocycles. The first kappa shape index (κ1) is 11.8. The number of hydrogen-bond donors (Lipinski definition) is 0. The van der Waals surface area contributed by atoms with Gasteiger partial charge in [-0.05, 0) is 25.3 Å². The number of carbonyl (C=O) groups is 3. The number of ketones is 1. The van der Waals surface area contributed by atoms with Crippen LogP contribution in [0.15, 0.2) is 11.1 Å². The molecule has 92 valence electrons. The van der Waals surface area contributed by atoms with E-state index in [9.17, 15) is 14.4 Å². The molecule has 1 spiro atoms. The van der Waals surface area contributed by atoms with Gasteiger partial charge in [-0.1, -0.05) is 0 Å². The van der Waals surface area contributed by atoms with E-state index in [0.29, 0.717) is 18.4 Å². The summed E-state index contributed by atoms with van der Waals surface area (Å²) in [5.74, 6) is -2.62. The van der Waals surface area contributed by atoms with Crippen molar-refractivity contribution in [1.29, 1.82) is 0 Å². The molecule has 1 saturated carbocycles. The fourth-order valence-corrected chi connectivity index (χ4v) is 2.54. The van der Waals surface area contributed by atoms with E-state index < -0.39 is 23.3 Å². The molecular weight excluding hydrogens is 224 g/mol. The highest BCUT2D eigenvalue weighted by atomic mass is 16.5. The molecule has 0 radical (unpaired) electrons. The van der Waals surface area contributed by atoms with Crippen LogP contribution in [0, 0.1) is 11.3 Å². The van der Waals surface area contributed by atoms with Gasteiger partial charge in [0, 0.05) is 0 Å². The lowest BCUT2D eigenvalue weighted by Gasteiger charge is -2.10. The molecule has 2 aliphatic rings. The molecule has 5 heteroatoms. The van der Waals surface area contributed by atoms with Crippen LogP contribution in [-0.2, 0) is 23.9 Å². The smallest absolute Gasteiger partial charge is 0.335 e. The van der Waals surface area contributed by atoms with E-state index >= 15 is 0 Å². The minimum atomic E-state index is -1.10. The van der Waals surface area contributed by atoms with E-state index in [4.69, 9.17) is 0 Å². The molecule has 0 bridgehead atoms. The molecule has 0 aromatic carbocycles. The Kier molecular flexibility index (Phi) is 2.56. The van der Waals surface area contributed by atoms with Gasteiger partial charge in [0.05, 0.1) is 25.2 Å². The molecule has 0 heterocycles. The summed E-state index contributed by atoms with van der Waals surface area (Å²) < 4.78 is 9.24. The Bertz CT molecular complexity index is 442. The lowest BCUT2D eigenvalue weighted by atomic mass is 9.95. The Morgan fingerprint density at radius 1 is 1.24 bits per heavy atom. The molecule has 1 fully saturated rings. The Hall–Kier alpha value is -1.65. The number of ether oxygens (including phenoxy) is 2. The number of hydrogen-bond acceptors (Lipinski definition) is 5. The van der Waals surface area contributed by atoms with Crippen LogP contribution in [-0.4, -0.2) is 31.9 Å². The van der Waals surface area contributed by atoms with Crippen molar-refractivity contribution in [2.75, 3.05) is 14.2 Å². The number of carbonyl (C=O) groups excluding carboxylic acids is 3. The number of allylic oxidation sites excluding steroid dienone is 1. The van der Waals surface area contributed by atoms with Gasteiger partial charge < -0.3 is 9.47 Å². The average Bonchev–Trinajstić information content (AvgIpc) is 3.10. The summed E-state index contributed by atoms with van der Waals surface area (Å²) in [6.45, 7) is 1.72. The van der Waals surface area contributed by atoms with Crippen molar-refractivity contribution in [2.45, 2.75) is 19.8 Å². The third kappa shape index (κ3) is 1.41. The zero-order chi connectivity index (χ0) is 12.8. The minimum absolute atomic E-state index is 0.168. The van der Waals surface area contributed by atoms with E-state index in [-0.39, 0.29) is 11.4 Å². The summed E-state index contributed by atoms with van der Waals surface area (Å²) >= 11 is 0. The van der Waals surface area contributed by atoms with Crippen LogP contribution in [0.4, 0.5) is 0 Å². The predicted molar refractivity (Wildman–Crippen MR) is 56.9 cm³/mol. The first-order chi connectivity index (χ1) is 7.99. The average molecular weight is 238 g/mol. The van der Waals surface area contributed by atoms with E-state index in [2.05, 4.69) is 9.47 Å². The van der Waals surface area contributed by atoms with Crippen LogP contribution in [0.25, 0.3) is 0 Å². The molecule has 0 aromatic rings. The Balaban J connectivity index is 2.48. The largest absolute Gasteiger partial charge is 0.468 e. The highest BCUT2D eigenvalue weighted by Crippen LogP contribution is 2.60. The maximum absolute atomic E-state index is 12.2. The van der Waals surface area contributed by atoms with Gasteiger partial charge in [0.15, 0.2) is 5.78 Å². The van der Waals surface area contributed by atoms with Crippen LogP contribution in [0.1, 0.15) is 19.8 Å². The number of rotatable bonds is 2.